The number of nitrogens with one attached hydrogen (secondary N) is 1. The quantitative estimate of drug-likeness (QED) is 0.647. The molecule has 0 bridgehead atoms. The maximum absolute atomic E-state index is 14.5. The summed E-state index contributed by atoms with van der Waals surface area (Å²) in [4.78, 5) is 16.7. The van der Waals surface area contributed by atoms with Gasteiger partial charge in [0.25, 0.3) is 0 Å². The number of hydrogen-bond donors (Lipinski definition) is 2. The topological polar surface area (TPSA) is 147 Å². The van der Waals surface area contributed by atoms with E-state index in [2.05, 4.69) is 25.3 Å². The molecule has 0 spiro atoms. The van der Waals surface area contributed by atoms with Crippen molar-refractivity contribution in [2.75, 3.05) is 11.1 Å². The summed E-state index contributed by atoms with van der Waals surface area (Å²) in [5.41, 5.74) is 6.72. The summed E-state index contributed by atoms with van der Waals surface area (Å²) in [6.45, 7) is 1.46. The third-order valence-electron chi connectivity index (χ3n) is 4.87. The molecule has 3 aromatic rings. The fraction of sp³-hybridized carbons (Fsp3) is 0.211. The van der Waals surface area contributed by atoms with Crippen LogP contribution in [0.1, 0.15) is 24.1 Å². The number of nitriles is 1. The van der Waals surface area contributed by atoms with E-state index in [4.69, 9.17) is 11.0 Å². The second-order valence-corrected chi connectivity index (χ2v) is 9.19. The molecule has 4 heterocycles. The molecule has 1 aliphatic heterocycles. The van der Waals surface area contributed by atoms with Gasteiger partial charge in [-0.05, 0) is 25.1 Å². The number of anilines is 2. The number of amidine groups is 1. The van der Waals surface area contributed by atoms with Crippen molar-refractivity contribution in [3.8, 4) is 6.07 Å². The first kappa shape index (κ1) is 19.7. The van der Waals surface area contributed by atoms with Gasteiger partial charge >= 0.3 is 0 Å². The molecule has 4 rings (SSSR count). The van der Waals surface area contributed by atoms with E-state index in [0.29, 0.717) is 22.3 Å². The number of sulfone groups is 1. The first-order valence-electron chi connectivity index (χ1n) is 8.90. The van der Waals surface area contributed by atoms with Crippen LogP contribution in [0.15, 0.2) is 41.8 Å². The van der Waals surface area contributed by atoms with E-state index in [1.165, 1.54) is 25.4 Å². The highest BCUT2D eigenvalue weighted by molar-refractivity contribution is 7.92. The summed E-state index contributed by atoms with van der Waals surface area (Å²) in [7, 11) is -3.54. The molecule has 152 valence electrons. The van der Waals surface area contributed by atoms with Crippen molar-refractivity contribution in [1.29, 1.82) is 5.26 Å². The number of hydrogen-bond acceptors (Lipinski definition) is 9. The Labute approximate surface area is 171 Å². The van der Waals surface area contributed by atoms with Crippen LogP contribution in [0.25, 0.3) is 10.9 Å². The Bertz CT molecular complexity index is 1330. The Kier molecular flexibility index (Phi) is 4.79. The van der Waals surface area contributed by atoms with E-state index >= 15 is 0 Å². The van der Waals surface area contributed by atoms with Crippen LogP contribution >= 0.6 is 0 Å². The van der Waals surface area contributed by atoms with Gasteiger partial charge in [0.1, 0.15) is 34.3 Å². The van der Waals surface area contributed by atoms with E-state index in [-0.39, 0.29) is 23.0 Å². The third-order valence-corrected chi connectivity index (χ3v) is 6.97. The van der Waals surface area contributed by atoms with Gasteiger partial charge < -0.3 is 11.1 Å². The number of rotatable bonds is 3. The highest BCUT2D eigenvalue weighted by atomic mass is 32.2. The molecule has 30 heavy (non-hydrogen) atoms. The highest BCUT2D eigenvalue weighted by Crippen LogP contribution is 2.30. The Morgan fingerprint density at radius 2 is 2.07 bits per heavy atom. The summed E-state index contributed by atoms with van der Waals surface area (Å²) in [6, 6.07) is 5.82. The number of fused-ring (bicyclic) bond motifs is 1. The molecule has 3 N–H and O–H groups in total. The summed E-state index contributed by atoms with van der Waals surface area (Å²) in [5, 5.41) is 11.8. The largest absolute Gasteiger partial charge is 0.386 e. The van der Waals surface area contributed by atoms with Crippen LogP contribution in [0, 0.1) is 17.1 Å². The molecule has 0 saturated carbocycles. The number of aliphatic imine (C=N–C) groups is 1. The average molecular weight is 425 g/mol. The fourth-order valence-corrected chi connectivity index (χ4v) is 4.55. The van der Waals surface area contributed by atoms with E-state index in [0.717, 1.165) is 6.20 Å². The zero-order chi connectivity index (χ0) is 21.5. The number of halogens is 1. The van der Waals surface area contributed by atoms with E-state index < -0.39 is 26.9 Å². The van der Waals surface area contributed by atoms with Crippen LogP contribution in [-0.2, 0) is 9.84 Å². The van der Waals surface area contributed by atoms with Crippen molar-refractivity contribution < 1.29 is 12.8 Å². The van der Waals surface area contributed by atoms with Crippen molar-refractivity contribution in [2.45, 2.75) is 18.2 Å². The summed E-state index contributed by atoms with van der Waals surface area (Å²) >= 11 is 0. The van der Waals surface area contributed by atoms with Gasteiger partial charge in [-0.25, -0.2) is 22.8 Å². The summed E-state index contributed by atoms with van der Waals surface area (Å²) in [5.74, 6) is -0.489. The van der Waals surface area contributed by atoms with Crippen molar-refractivity contribution in [1.82, 2.24) is 15.0 Å². The van der Waals surface area contributed by atoms with Crippen LogP contribution in [0.3, 0.4) is 0 Å². The van der Waals surface area contributed by atoms with Crippen molar-refractivity contribution in [3.05, 3.63) is 53.7 Å². The van der Waals surface area contributed by atoms with Crippen LogP contribution in [-0.4, -0.2) is 40.2 Å². The minimum atomic E-state index is -3.54. The minimum absolute atomic E-state index is 0.0508. The van der Waals surface area contributed by atoms with Gasteiger partial charge in [-0.2, -0.15) is 5.26 Å². The lowest BCUT2D eigenvalue weighted by Crippen LogP contribution is -2.40. The molecule has 0 aromatic carbocycles. The molecule has 0 fully saturated rings. The first-order chi connectivity index (χ1) is 14.3. The minimum Gasteiger partial charge on any atom is -0.386 e. The zero-order valence-corrected chi connectivity index (χ0v) is 16.6. The molecule has 11 heteroatoms. The molecule has 0 unspecified atom stereocenters. The maximum Gasteiger partial charge on any atom is 0.162 e. The zero-order valence-electron chi connectivity index (χ0n) is 15.7. The summed E-state index contributed by atoms with van der Waals surface area (Å²) in [6.07, 6.45) is 3.95. The maximum atomic E-state index is 14.5. The van der Waals surface area contributed by atoms with Gasteiger partial charge in [0.2, 0.25) is 0 Å². The van der Waals surface area contributed by atoms with Crippen LogP contribution in [0.4, 0.5) is 16.0 Å². The lowest BCUT2D eigenvalue weighted by Gasteiger charge is -2.24. The van der Waals surface area contributed by atoms with Gasteiger partial charge in [0.15, 0.2) is 15.7 Å². The van der Waals surface area contributed by atoms with E-state index in [1.54, 1.807) is 12.1 Å². The lowest BCUT2D eigenvalue weighted by molar-refractivity contribution is 0.565. The Balaban J connectivity index is 1.72. The average Bonchev–Trinajstić information content (AvgIpc) is 2.72. The predicted octanol–water partition coefficient (Wildman–Crippen LogP) is 1.99. The molecular weight excluding hydrogens is 409 g/mol. The molecule has 1 aliphatic rings. The normalized spacial score (nSPS) is 20.4. The fourth-order valence-electron chi connectivity index (χ4n) is 3.14. The van der Waals surface area contributed by atoms with Crippen molar-refractivity contribution in [2.24, 2.45) is 10.7 Å². The Morgan fingerprint density at radius 3 is 2.80 bits per heavy atom. The second kappa shape index (κ2) is 7.31. The van der Waals surface area contributed by atoms with Crippen LogP contribution in [0.2, 0.25) is 0 Å². The Hall–Kier alpha value is -3.65. The number of nitrogens with zero attached hydrogens (tertiary/aromatic N) is 5. The van der Waals surface area contributed by atoms with Gasteiger partial charge in [-0.3, -0.25) is 9.98 Å². The number of pyridine rings is 3. The summed E-state index contributed by atoms with van der Waals surface area (Å²) < 4.78 is 39.1. The van der Waals surface area contributed by atoms with Gasteiger partial charge in [0.05, 0.1) is 23.6 Å². The van der Waals surface area contributed by atoms with Crippen LogP contribution < -0.4 is 11.1 Å². The molecule has 0 radical (unpaired) electrons. The third kappa shape index (κ3) is 3.53. The SMILES string of the molecule is C[C@H]1C(N)=N[C@H](c2cc(Nc3nccc4cc(C#N)cnc34)ncc2F)CS1(=O)=O. The van der Waals surface area contributed by atoms with Gasteiger partial charge in [0, 0.05) is 23.3 Å². The highest BCUT2D eigenvalue weighted by Gasteiger charge is 2.35. The van der Waals surface area contributed by atoms with E-state index in [9.17, 15) is 12.8 Å². The number of aromatic nitrogens is 3. The van der Waals surface area contributed by atoms with E-state index in [1.807, 2.05) is 6.07 Å². The molecule has 0 saturated heterocycles. The molecule has 2 atom stereocenters. The monoisotopic (exact) mass is 425 g/mol. The lowest BCUT2D eigenvalue weighted by atomic mass is 10.1. The predicted molar refractivity (Wildman–Crippen MR) is 109 cm³/mol. The van der Waals surface area contributed by atoms with Crippen molar-refractivity contribution >= 4 is 38.2 Å². The molecule has 0 aliphatic carbocycles. The Morgan fingerprint density at radius 1 is 1.27 bits per heavy atom. The first-order valence-corrected chi connectivity index (χ1v) is 10.6. The number of nitrogens with two attached hydrogens (primary N) is 1. The molecular formula is C19H16FN7O2S. The van der Waals surface area contributed by atoms with Crippen LogP contribution in [0.5, 0.6) is 0 Å². The van der Waals surface area contributed by atoms with Gasteiger partial charge in [-0.1, -0.05) is 0 Å². The van der Waals surface area contributed by atoms with Gasteiger partial charge in [-0.15, -0.1) is 0 Å². The molecule has 3 aromatic heterocycles. The smallest absolute Gasteiger partial charge is 0.162 e. The second-order valence-electron chi connectivity index (χ2n) is 6.82. The standard InChI is InChI=1S/C19H16FN7O2S/c1-10-18(22)26-15(9-30(10,28)29)13-5-16(24-8-14(13)20)27-19-17-12(2-3-23-19)4-11(6-21)7-25-17/h2-5,7-8,10,15H,9H2,1H3,(H2,22,26)(H,23,24,27)/t10-,15-/m0/s1. The molecule has 9 nitrogen and oxygen atoms in total. The van der Waals surface area contributed by atoms with Crippen molar-refractivity contribution in [3.63, 3.8) is 0 Å². The molecule has 0 amide bonds.